The monoisotopic (exact) mass is 273 g/mol. The SMILES string of the molecule is CNC(C)c1cccc(OCc2cc(F)ccc2C)c1. The predicted octanol–water partition coefficient (Wildman–Crippen LogP) is 3.99. The molecule has 0 bridgehead atoms. The summed E-state index contributed by atoms with van der Waals surface area (Å²) in [4.78, 5) is 0. The Bertz CT molecular complexity index is 583. The third-order valence-corrected chi connectivity index (χ3v) is 3.50. The van der Waals surface area contributed by atoms with Crippen molar-refractivity contribution < 1.29 is 9.13 Å². The molecule has 20 heavy (non-hydrogen) atoms. The van der Waals surface area contributed by atoms with E-state index in [0.29, 0.717) is 6.61 Å². The van der Waals surface area contributed by atoms with Crippen LogP contribution in [0.4, 0.5) is 4.39 Å². The normalized spacial score (nSPS) is 12.2. The molecular formula is C17H20FNO. The molecular weight excluding hydrogens is 253 g/mol. The van der Waals surface area contributed by atoms with E-state index in [4.69, 9.17) is 4.74 Å². The molecule has 0 saturated heterocycles. The van der Waals surface area contributed by atoms with Crippen molar-refractivity contribution >= 4 is 0 Å². The zero-order chi connectivity index (χ0) is 14.5. The zero-order valence-corrected chi connectivity index (χ0v) is 12.1. The van der Waals surface area contributed by atoms with Crippen LogP contribution in [-0.2, 0) is 6.61 Å². The number of nitrogens with one attached hydrogen (secondary N) is 1. The van der Waals surface area contributed by atoms with Gasteiger partial charge >= 0.3 is 0 Å². The van der Waals surface area contributed by atoms with E-state index < -0.39 is 0 Å². The second-order valence-corrected chi connectivity index (χ2v) is 4.94. The lowest BCUT2D eigenvalue weighted by Crippen LogP contribution is -2.12. The van der Waals surface area contributed by atoms with Gasteiger partial charge in [0.05, 0.1) is 0 Å². The minimum atomic E-state index is -0.230. The lowest BCUT2D eigenvalue weighted by atomic mass is 10.1. The van der Waals surface area contributed by atoms with Gasteiger partial charge in [-0.05, 0) is 61.9 Å². The number of ether oxygens (including phenoxy) is 1. The Morgan fingerprint density at radius 3 is 2.75 bits per heavy atom. The predicted molar refractivity (Wildman–Crippen MR) is 79.4 cm³/mol. The number of aryl methyl sites for hydroxylation is 1. The molecule has 0 spiro atoms. The molecule has 0 heterocycles. The highest BCUT2D eigenvalue weighted by molar-refractivity contribution is 5.31. The van der Waals surface area contributed by atoms with Crippen LogP contribution in [0.5, 0.6) is 5.75 Å². The zero-order valence-electron chi connectivity index (χ0n) is 12.1. The van der Waals surface area contributed by atoms with Crippen molar-refractivity contribution in [3.8, 4) is 5.75 Å². The molecule has 0 aliphatic carbocycles. The first-order chi connectivity index (χ1) is 9.60. The Hall–Kier alpha value is -1.87. The van der Waals surface area contributed by atoms with Crippen LogP contribution in [0.25, 0.3) is 0 Å². The van der Waals surface area contributed by atoms with Gasteiger partial charge in [0, 0.05) is 6.04 Å². The average molecular weight is 273 g/mol. The van der Waals surface area contributed by atoms with Gasteiger partial charge in [-0.3, -0.25) is 0 Å². The molecule has 106 valence electrons. The summed E-state index contributed by atoms with van der Waals surface area (Å²) < 4.78 is 19.0. The smallest absolute Gasteiger partial charge is 0.123 e. The number of hydrogen-bond donors (Lipinski definition) is 1. The van der Waals surface area contributed by atoms with Crippen LogP contribution in [-0.4, -0.2) is 7.05 Å². The maximum atomic E-state index is 13.2. The van der Waals surface area contributed by atoms with Gasteiger partial charge in [-0.25, -0.2) is 4.39 Å². The lowest BCUT2D eigenvalue weighted by Gasteiger charge is -2.13. The summed E-state index contributed by atoms with van der Waals surface area (Å²) in [6, 6.07) is 13.0. The highest BCUT2D eigenvalue weighted by Gasteiger charge is 2.05. The molecule has 0 aliphatic heterocycles. The van der Waals surface area contributed by atoms with E-state index in [0.717, 1.165) is 16.9 Å². The van der Waals surface area contributed by atoms with Gasteiger partial charge in [-0.2, -0.15) is 0 Å². The summed E-state index contributed by atoms with van der Waals surface area (Å²) in [5, 5.41) is 3.19. The Morgan fingerprint density at radius 2 is 2.00 bits per heavy atom. The summed E-state index contributed by atoms with van der Waals surface area (Å²) >= 11 is 0. The van der Waals surface area contributed by atoms with Crippen molar-refractivity contribution in [3.63, 3.8) is 0 Å². The molecule has 2 aromatic rings. The summed E-state index contributed by atoms with van der Waals surface area (Å²) in [5.41, 5.74) is 3.07. The van der Waals surface area contributed by atoms with E-state index in [-0.39, 0.29) is 11.9 Å². The van der Waals surface area contributed by atoms with E-state index in [1.165, 1.54) is 17.7 Å². The number of halogens is 1. The van der Waals surface area contributed by atoms with Gasteiger partial charge < -0.3 is 10.1 Å². The summed E-state index contributed by atoms with van der Waals surface area (Å²) in [6.45, 7) is 4.43. The highest BCUT2D eigenvalue weighted by atomic mass is 19.1. The Morgan fingerprint density at radius 1 is 1.20 bits per heavy atom. The van der Waals surface area contributed by atoms with Crippen molar-refractivity contribution in [2.24, 2.45) is 0 Å². The van der Waals surface area contributed by atoms with Crippen molar-refractivity contribution in [2.45, 2.75) is 26.5 Å². The third-order valence-electron chi connectivity index (χ3n) is 3.50. The van der Waals surface area contributed by atoms with Crippen molar-refractivity contribution in [2.75, 3.05) is 7.05 Å². The molecule has 1 N–H and O–H groups in total. The number of hydrogen-bond acceptors (Lipinski definition) is 2. The third kappa shape index (κ3) is 3.58. The number of rotatable bonds is 5. The van der Waals surface area contributed by atoms with Gasteiger partial charge in [-0.15, -0.1) is 0 Å². The molecule has 0 aliphatic rings. The van der Waals surface area contributed by atoms with Crippen LogP contribution in [0.15, 0.2) is 42.5 Å². The van der Waals surface area contributed by atoms with Crippen LogP contribution in [0, 0.1) is 12.7 Å². The standard InChI is InChI=1S/C17H20FNO/c1-12-7-8-16(18)9-15(12)11-20-17-6-4-5-14(10-17)13(2)19-3/h4-10,13,19H,11H2,1-3H3. The van der Waals surface area contributed by atoms with Gasteiger partial charge in [0.2, 0.25) is 0 Å². The Balaban J connectivity index is 2.09. The van der Waals surface area contributed by atoms with E-state index in [1.807, 2.05) is 32.2 Å². The van der Waals surface area contributed by atoms with Gasteiger partial charge in [0.1, 0.15) is 18.2 Å². The average Bonchev–Trinajstić information content (AvgIpc) is 2.47. The van der Waals surface area contributed by atoms with E-state index in [9.17, 15) is 4.39 Å². The number of benzene rings is 2. The fraction of sp³-hybridized carbons (Fsp3) is 0.294. The second kappa shape index (κ2) is 6.53. The molecule has 1 unspecified atom stereocenters. The molecule has 0 saturated carbocycles. The largest absolute Gasteiger partial charge is 0.489 e. The van der Waals surface area contributed by atoms with Gasteiger partial charge in [-0.1, -0.05) is 18.2 Å². The molecule has 0 radical (unpaired) electrons. The van der Waals surface area contributed by atoms with E-state index in [2.05, 4.69) is 18.3 Å². The fourth-order valence-corrected chi connectivity index (χ4v) is 2.00. The molecule has 2 nitrogen and oxygen atoms in total. The minimum absolute atomic E-state index is 0.230. The van der Waals surface area contributed by atoms with Gasteiger partial charge in [0.15, 0.2) is 0 Å². The van der Waals surface area contributed by atoms with Crippen LogP contribution in [0.3, 0.4) is 0 Å². The van der Waals surface area contributed by atoms with Crippen LogP contribution in [0.2, 0.25) is 0 Å². The lowest BCUT2D eigenvalue weighted by molar-refractivity contribution is 0.304. The van der Waals surface area contributed by atoms with Crippen molar-refractivity contribution in [1.29, 1.82) is 0 Å². The second-order valence-electron chi connectivity index (χ2n) is 4.94. The molecule has 0 fully saturated rings. The quantitative estimate of drug-likeness (QED) is 0.889. The molecule has 0 aromatic heterocycles. The minimum Gasteiger partial charge on any atom is -0.489 e. The fourth-order valence-electron chi connectivity index (χ4n) is 2.00. The Kier molecular flexibility index (Phi) is 4.74. The van der Waals surface area contributed by atoms with Crippen LogP contribution < -0.4 is 10.1 Å². The topological polar surface area (TPSA) is 21.3 Å². The van der Waals surface area contributed by atoms with Crippen LogP contribution >= 0.6 is 0 Å². The maximum absolute atomic E-state index is 13.2. The van der Waals surface area contributed by atoms with Crippen molar-refractivity contribution in [3.05, 3.63) is 65.0 Å². The van der Waals surface area contributed by atoms with Crippen molar-refractivity contribution in [1.82, 2.24) is 5.32 Å². The maximum Gasteiger partial charge on any atom is 0.123 e. The first-order valence-electron chi connectivity index (χ1n) is 6.75. The first-order valence-corrected chi connectivity index (χ1v) is 6.75. The van der Waals surface area contributed by atoms with E-state index in [1.54, 1.807) is 6.07 Å². The molecule has 2 aromatic carbocycles. The summed E-state index contributed by atoms with van der Waals surface area (Å²) in [7, 11) is 1.92. The van der Waals surface area contributed by atoms with E-state index >= 15 is 0 Å². The first kappa shape index (κ1) is 14.5. The molecule has 3 heteroatoms. The molecule has 0 amide bonds. The molecule has 2 rings (SSSR count). The van der Waals surface area contributed by atoms with Gasteiger partial charge in [0.25, 0.3) is 0 Å². The highest BCUT2D eigenvalue weighted by Crippen LogP contribution is 2.20. The van der Waals surface area contributed by atoms with Crippen LogP contribution in [0.1, 0.15) is 29.7 Å². The summed E-state index contributed by atoms with van der Waals surface area (Å²) in [6.07, 6.45) is 0. The Labute approximate surface area is 119 Å². The molecule has 1 atom stereocenters. The summed E-state index contributed by atoms with van der Waals surface area (Å²) in [5.74, 6) is 0.569.